The smallest absolute Gasteiger partial charge is 0.338 e. The number of aromatic nitrogens is 1. The predicted octanol–water partition coefficient (Wildman–Crippen LogP) is 2.71. The maximum absolute atomic E-state index is 13.7. The lowest BCUT2D eigenvalue weighted by atomic mass is 10.1. The number of halogens is 2. The average Bonchev–Trinajstić information content (AvgIpc) is 2.42. The van der Waals surface area contributed by atoms with Crippen LogP contribution >= 0.6 is 0 Å². The summed E-state index contributed by atoms with van der Waals surface area (Å²) in [6, 6.07) is 7.36. The first kappa shape index (κ1) is 13.9. The fourth-order valence-electron chi connectivity index (χ4n) is 1.75. The number of hydrogen-bond donors (Lipinski definition) is 2. The molecular weight excluding hydrogens is 266 g/mol. The zero-order valence-corrected chi connectivity index (χ0v) is 10.4. The van der Waals surface area contributed by atoms with Gasteiger partial charge in [-0.05, 0) is 24.1 Å². The number of benzene rings is 1. The van der Waals surface area contributed by atoms with Crippen LogP contribution in [-0.4, -0.2) is 22.6 Å². The third-order valence-corrected chi connectivity index (χ3v) is 2.76. The van der Waals surface area contributed by atoms with Gasteiger partial charge in [0.25, 0.3) is 0 Å². The van der Waals surface area contributed by atoms with Crippen LogP contribution in [0.25, 0.3) is 0 Å². The third-order valence-electron chi connectivity index (χ3n) is 2.76. The minimum absolute atomic E-state index is 0.152. The highest BCUT2D eigenvalue weighted by molar-refractivity contribution is 5.88. The Morgan fingerprint density at radius 3 is 2.70 bits per heavy atom. The second kappa shape index (κ2) is 6.10. The van der Waals surface area contributed by atoms with E-state index in [4.69, 9.17) is 5.11 Å². The van der Waals surface area contributed by atoms with Gasteiger partial charge < -0.3 is 10.4 Å². The summed E-state index contributed by atoms with van der Waals surface area (Å²) < 4.78 is 27.1. The molecule has 6 heteroatoms. The number of carboxylic acids is 1. The van der Waals surface area contributed by atoms with E-state index in [2.05, 4.69) is 10.3 Å². The summed E-state index contributed by atoms with van der Waals surface area (Å²) in [7, 11) is 0. The van der Waals surface area contributed by atoms with Gasteiger partial charge in [-0.15, -0.1) is 0 Å². The fraction of sp³-hybridized carbons (Fsp3) is 0.143. The van der Waals surface area contributed by atoms with Gasteiger partial charge in [0.15, 0.2) is 11.6 Å². The van der Waals surface area contributed by atoms with Gasteiger partial charge in [0.05, 0.1) is 0 Å². The molecule has 0 spiro atoms. The molecule has 0 saturated heterocycles. The molecule has 0 amide bonds. The molecule has 1 heterocycles. The number of carbonyl (C=O) groups is 1. The van der Waals surface area contributed by atoms with Crippen molar-refractivity contribution in [2.24, 2.45) is 0 Å². The van der Waals surface area contributed by atoms with E-state index >= 15 is 0 Å². The standard InChI is InChI=1S/C14H12F2N2O2/c15-11-4-2-1-3-9(11)5-7-17-13-12(16)10(14(19)20)6-8-18-13/h1-4,6,8H,5,7H2,(H,17,18)(H,19,20). The molecule has 0 radical (unpaired) electrons. The lowest BCUT2D eigenvalue weighted by Crippen LogP contribution is -2.11. The van der Waals surface area contributed by atoms with Crippen LogP contribution in [0.3, 0.4) is 0 Å². The SMILES string of the molecule is O=C(O)c1ccnc(NCCc2ccccc2F)c1F. The molecule has 4 nitrogen and oxygen atoms in total. The average molecular weight is 278 g/mol. The molecule has 1 aromatic heterocycles. The highest BCUT2D eigenvalue weighted by Gasteiger charge is 2.14. The van der Waals surface area contributed by atoms with Crippen molar-refractivity contribution in [2.75, 3.05) is 11.9 Å². The molecule has 104 valence electrons. The summed E-state index contributed by atoms with van der Waals surface area (Å²) in [6.07, 6.45) is 1.54. The van der Waals surface area contributed by atoms with Crippen LogP contribution in [0.4, 0.5) is 14.6 Å². The van der Waals surface area contributed by atoms with E-state index in [-0.39, 0.29) is 18.2 Å². The van der Waals surface area contributed by atoms with E-state index in [0.29, 0.717) is 12.0 Å². The van der Waals surface area contributed by atoms with Crippen molar-refractivity contribution in [1.29, 1.82) is 0 Å². The van der Waals surface area contributed by atoms with E-state index in [9.17, 15) is 13.6 Å². The Hall–Kier alpha value is -2.50. The Bertz CT molecular complexity index is 632. The number of aromatic carboxylic acids is 1. The second-order valence-corrected chi connectivity index (χ2v) is 4.09. The molecule has 0 bridgehead atoms. The molecule has 0 aliphatic carbocycles. The van der Waals surface area contributed by atoms with Crippen LogP contribution in [0.2, 0.25) is 0 Å². The van der Waals surface area contributed by atoms with Crippen molar-refractivity contribution in [3.8, 4) is 0 Å². The largest absolute Gasteiger partial charge is 0.478 e. The van der Waals surface area contributed by atoms with Crippen molar-refractivity contribution in [2.45, 2.75) is 6.42 Å². The Morgan fingerprint density at radius 1 is 1.25 bits per heavy atom. The summed E-state index contributed by atoms with van der Waals surface area (Å²) in [5.41, 5.74) is 0.0446. The third kappa shape index (κ3) is 3.09. The Morgan fingerprint density at radius 2 is 2.00 bits per heavy atom. The first-order chi connectivity index (χ1) is 9.59. The lowest BCUT2D eigenvalue weighted by molar-refractivity contribution is 0.0692. The fourth-order valence-corrected chi connectivity index (χ4v) is 1.75. The maximum atomic E-state index is 13.7. The van der Waals surface area contributed by atoms with Crippen LogP contribution in [0, 0.1) is 11.6 Å². The first-order valence-electron chi connectivity index (χ1n) is 5.94. The van der Waals surface area contributed by atoms with Crippen molar-refractivity contribution < 1.29 is 18.7 Å². The highest BCUT2D eigenvalue weighted by atomic mass is 19.1. The van der Waals surface area contributed by atoms with Gasteiger partial charge in [0, 0.05) is 12.7 Å². The van der Waals surface area contributed by atoms with Crippen LogP contribution < -0.4 is 5.32 Å². The van der Waals surface area contributed by atoms with Crippen LogP contribution in [0.5, 0.6) is 0 Å². The number of nitrogens with one attached hydrogen (secondary N) is 1. The lowest BCUT2D eigenvalue weighted by Gasteiger charge is -2.08. The molecular formula is C14H12F2N2O2. The molecule has 0 atom stereocenters. The van der Waals surface area contributed by atoms with Crippen molar-refractivity contribution in [3.05, 3.63) is 59.3 Å². The quantitative estimate of drug-likeness (QED) is 0.882. The minimum atomic E-state index is -1.36. The Kier molecular flexibility index (Phi) is 4.24. The monoisotopic (exact) mass is 278 g/mol. The van der Waals surface area contributed by atoms with E-state index in [1.54, 1.807) is 18.2 Å². The van der Waals surface area contributed by atoms with E-state index in [0.717, 1.165) is 6.07 Å². The van der Waals surface area contributed by atoms with Crippen LogP contribution in [0.1, 0.15) is 15.9 Å². The molecule has 0 unspecified atom stereocenters. The zero-order chi connectivity index (χ0) is 14.5. The molecule has 1 aromatic carbocycles. The van der Waals surface area contributed by atoms with E-state index in [1.165, 1.54) is 12.3 Å². The van der Waals surface area contributed by atoms with Crippen LogP contribution in [0.15, 0.2) is 36.5 Å². The normalized spacial score (nSPS) is 10.3. The molecule has 2 aromatic rings. The summed E-state index contributed by atoms with van der Waals surface area (Å²) in [5.74, 6) is -2.76. The van der Waals surface area contributed by atoms with Gasteiger partial charge in [0.2, 0.25) is 0 Å². The summed E-state index contributed by atoms with van der Waals surface area (Å²) in [6.45, 7) is 0.244. The first-order valence-corrected chi connectivity index (χ1v) is 5.94. The number of anilines is 1. The van der Waals surface area contributed by atoms with Gasteiger partial charge in [-0.1, -0.05) is 18.2 Å². The van der Waals surface area contributed by atoms with Gasteiger partial charge >= 0.3 is 5.97 Å². The summed E-state index contributed by atoms with van der Waals surface area (Å²) in [5, 5.41) is 11.5. The maximum Gasteiger partial charge on any atom is 0.338 e. The minimum Gasteiger partial charge on any atom is -0.478 e. The van der Waals surface area contributed by atoms with E-state index in [1.807, 2.05) is 0 Å². The highest BCUT2D eigenvalue weighted by Crippen LogP contribution is 2.15. The van der Waals surface area contributed by atoms with Gasteiger partial charge in [-0.3, -0.25) is 0 Å². The number of nitrogens with zero attached hydrogens (tertiary/aromatic N) is 1. The number of rotatable bonds is 5. The van der Waals surface area contributed by atoms with Gasteiger partial charge in [0.1, 0.15) is 11.4 Å². The predicted molar refractivity (Wildman–Crippen MR) is 69.7 cm³/mol. The van der Waals surface area contributed by atoms with E-state index < -0.39 is 17.3 Å². The number of hydrogen-bond acceptors (Lipinski definition) is 3. The topological polar surface area (TPSA) is 62.2 Å². The van der Waals surface area contributed by atoms with Crippen molar-refractivity contribution in [1.82, 2.24) is 4.98 Å². The molecule has 0 aliphatic rings. The molecule has 20 heavy (non-hydrogen) atoms. The Labute approximate surface area is 114 Å². The molecule has 2 rings (SSSR count). The summed E-state index contributed by atoms with van der Waals surface area (Å²) >= 11 is 0. The van der Waals surface area contributed by atoms with Crippen molar-refractivity contribution in [3.63, 3.8) is 0 Å². The van der Waals surface area contributed by atoms with Gasteiger partial charge in [-0.2, -0.15) is 0 Å². The molecule has 0 aliphatic heterocycles. The zero-order valence-electron chi connectivity index (χ0n) is 10.4. The molecule has 0 fully saturated rings. The Balaban J connectivity index is 2.03. The van der Waals surface area contributed by atoms with Crippen LogP contribution in [-0.2, 0) is 6.42 Å². The molecule has 0 saturated carbocycles. The van der Waals surface area contributed by atoms with Crippen molar-refractivity contribution >= 4 is 11.8 Å². The number of pyridine rings is 1. The summed E-state index contributed by atoms with van der Waals surface area (Å²) in [4.78, 5) is 14.5. The molecule has 2 N–H and O–H groups in total. The number of carboxylic acid groups (broad SMARTS) is 1. The second-order valence-electron chi connectivity index (χ2n) is 4.09. The van der Waals surface area contributed by atoms with Gasteiger partial charge in [-0.25, -0.2) is 18.6 Å².